The SMILES string of the molecule is c1ccc(-c2ccc(N(c3ccc(-c4ccccc4)cc3)c3ccc(-c4ccc(-n5c6ccccc6c6c7ccccc7ccc65)cc4)c4nsnc34)cc2)cc1. The zero-order valence-corrected chi connectivity index (χ0v) is 31.6. The van der Waals surface area contributed by atoms with Crippen molar-refractivity contribution in [2.75, 3.05) is 4.90 Å². The molecule has 0 aliphatic heterocycles. The van der Waals surface area contributed by atoms with Crippen LogP contribution in [0.2, 0.25) is 0 Å². The summed E-state index contributed by atoms with van der Waals surface area (Å²) in [6.45, 7) is 0. The van der Waals surface area contributed by atoms with E-state index in [2.05, 4.69) is 216 Å². The molecule has 268 valence electrons. The Kier molecular flexibility index (Phi) is 7.97. The fraction of sp³-hybridized carbons (Fsp3) is 0. The summed E-state index contributed by atoms with van der Waals surface area (Å²) in [6, 6.07) is 73.7. The maximum absolute atomic E-state index is 4.94. The lowest BCUT2D eigenvalue weighted by Gasteiger charge is -2.26. The molecule has 11 aromatic rings. The largest absolute Gasteiger partial charge is 0.309 e. The van der Waals surface area contributed by atoms with Crippen molar-refractivity contribution >= 4 is 72.4 Å². The fourth-order valence-electron chi connectivity index (χ4n) is 8.37. The second kappa shape index (κ2) is 13.7. The molecule has 57 heavy (non-hydrogen) atoms. The van der Waals surface area contributed by atoms with Gasteiger partial charge in [-0.1, -0.05) is 146 Å². The number of hydrogen-bond donors (Lipinski definition) is 0. The van der Waals surface area contributed by atoms with Gasteiger partial charge in [0, 0.05) is 33.4 Å². The lowest BCUT2D eigenvalue weighted by Crippen LogP contribution is -2.10. The molecule has 0 spiro atoms. The lowest BCUT2D eigenvalue weighted by atomic mass is 10.0. The third-order valence-electron chi connectivity index (χ3n) is 11.1. The Bertz CT molecular complexity index is 3120. The van der Waals surface area contributed by atoms with E-state index in [9.17, 15) is 0 Å². The van der Waals surface area contributed by atoms with Gasteiger partial charge in [0.25, 0.3) is 0 Å². The van der Waals surface area contributed by atoms with Gasteiger partial charge in [0.05, 0.1) is 28.4 Å². The minimum absolute atomic E-state index is 0.870. The third kappa shape index (κ3) is 5.67. The van der Waals surface area contributed by atoms with Crippen LogP contribution >= 0.6 is 11.7 Å². The molecule has 0 aliphatic rings. The Morgan fingerprint density at radius 3 is 1.60 bits per heavy atom. The van der Waals surface area contributed by atoms with Crippen LogP contribution in [0.25, 0.3) is 82.7 Å². The second-order valence-corrected chi connectivity index (χ2v) is 14.9. The van der Waals surface area contributed by atoms with E-state index in [1.807, 2.05) is 0 Å². The van der Waals surface area contributed by atoms with Crippen molar-refractivity contribution in [3.05, 3.63) is 206 Å². The summed E-state index contributed by atoms with van der Waals surface area (Å²) < 4.78 is 12.2. The molecule has 0 fully saturated rings. The van der Waals surface area contributed by atoms with E-state index >= 15 is 0 Å². The summed E-state index contributed by atoms with van der Waals surface area (Å²) in [6.07, 6.45) is 0. The van der Waals surface area contributed by atoms with Crippen LogP contribution in [0.1, 0.15) is 0 Å². The van der Waals surface area contributed by atoms with E-state index < -0.39 is 0 Å². The molecule has 9 aromatic carbocycles. The molecule has 0 bridgehead atoms. The fourth-order valence-corrected chi connectivity index (χ4v) is 8.94. The van der Waals surface area contributed by atoms with Gasteiger partial charge in [0.15, 0.2) is 0 Å². The first-order valence-electron chi connectivity index (χ1n) is 19.2. The van der Waals surface area contributed by atoms with Crippen molar-refractivity contribution in [3.63, 3.8) is 0 Å². The minimum Gasteiger partial charge on any atom is -0.309 e. The molecule has 2 heterocycles. The molecule has 0 saturated heterocycles. The van der Waals surface area contributed by atoms with Crippen LogP contribution in [0.5, 0.6) is 0 Å². The monoisotopic (exact) mass is 746 g/mol. The predicted octanol–water partition coefficient (Wildman–Crippen LogP) is 14.4. The summed E-state index contributed by atoms with van der Waals surface area (Å²) >= 11 is 1.26. The molecule has 0 aliphatic carbocycles. The van der Waals surface area contributed by atoms with Gasteiger partial charge < -0.3 is 9.47 Å². The molecule has 2 aromatic heterocycles. The zero-order chi connectivity index (χ0) is 37.7. The van der Waals surface area contributed by atoms with Crippen LogP contribution in [0.4, 0.5) is 17.1 Å². The van der Waals surface area contributed by atoms with E-state index in [0.29, 0.717) is 0 Å². The molecule has 4 nitrogen and oxygen atoms in total. The van der Waals surface area contributed by atoms with E-state index in [1.165, 1.54) is 66.6 Å². The van der Waals surface area contributed by atoms with Crippen LogP contribution in [0.15, 0.2) is 206 Å². The lowest BCUT2D eigenvalue weighted by molar-refractivity contribution is 1.18. The van der Waals surface area contributed by atoms with Crippen molar-refractivity contribution in [2.45, 2.75) is 0 Å². The summed E-state index contributed by atoms with van der Waals surface area (Å²) in [5.41, 5.74) is 15.2. The van der Waals surface area contributed by atoms with E-state index in [-0.39, 0.29) is 0 Å². The van der Waals surface area contributed by atoms with Crippen LogP contribution in [-0.4, -0.2) is 13.3 Å². The number of benzene rings is 9. The van der Waals surface area contributed by atoms with Crippen molar-refractivity contribution in [3.8, 4) is 39.1 Å². The topological polar surface area (TPSA) is 34.0 Å². The molecule has 5 heteroatoms. The standard InChI is InChI=1S/C52H34N4S/c1-3-11-35(12-4-1)37-19-26-41(27-20-37)55(42-28-21-38(22-29-42)36-13-5-2-6-14-36)49-34-32-45(51-52(49)54-57-53-51)40-23-30-43(31-24-40)56-47-18-10-9-17-46(47)50-44-16-8-7-15-39(44)25-33-48(50)56/h1-34H. The number of nitrogens with zero attached hydrogens (tertiary/aromatic N) is 4. The highest BCUT2D eigenvalue weighted by atomic mass is 32.1. The molecule has 0 amide bonds. The average Bonchev–Trinajstić information content (AvgIpc) is 3.92. The number of fused-ring (bicyclic) bond motifs is 6. The van der Waals surface area contributed by atoms with Gasteiger partial charge in [-0.3, -0.25) is 0 Å². The number of aromatic nitrogens is 3. The van der Waals surface area contributed by atoms with Gasteiger partial charge in [-0.2, -0.15) is 8.75 Å². The van der Waals surface area contributed by atoms with Gasteiger partial charge in [0.1, 0.15) is 11.0 Å². The molecule has 0 N–H and O–H groups in total. The Hall–Kier alpha value is -7.34. The quantitative estimate of drug-likeness (QED) is 0.163. The summed E-state index contributed by atoms with van der Waals surface area (Å²) in [5.74, 6) is 0. The first kappa shape index (κ1) is 33.0. The normalized spacial score (nSPS) is 11.5. The maximum atomic E-state index is 4.94. The van der Waals surface area contributed by atoms with Crippen LogP contribution in [0.3, 0.4) is 0 Å². The molecule has 11 rings (SSSR count). The molecular formula is C52H34N4S. The zero-order valence-electron chi connectivity index (χ0n) is 30.8. The van der Waals surface area contributed by atoms with Crippen LogP contribution in [-0.2, 0) is 0 Å². The number of anilines is 3. The minimum atomic E-state index is 0.870. The smallest absolute Gasteiger partial charge is 0.129 e. The van der Waals surface area contributed by atoms with Crippen molar-refractivity contribution in [1.82, 2.24) is 13.3 Å². The molecule has 0 saturated carbocycles. The highest BCUT2D eigenvalue weighted by molar-refractivity contribution is 7.00. The van der Waals surface area contributed by atoms with Gasteiger partial charge in [-0.05, 0) is 99.3 Å². The highest BCUT2D eigenvalue weighted by Gasteiger charge is 2.21. The summed E-state index contributed by atoms with van der Waals surface area (Å²) in [4.78, 5) is 2.30. The van der Waals surface area contributed by atoms with Crippen LogP contribution in [0, 0.1) is 0 Å². The summed E-state index contributed by atoms with van der Waals surface area (Å²) in [5, 5.41) is 5.06. The van der Waals surface area contributed by atoms with Crippen molar-refractivity contribution in [1.29, 1.82) is 0 Å². The van der Waals surface area contributed by atoms with E-state index in [4.69, 9.17) is 8.75 Å². The van der Waals surface area contributed by atoms with Gasteiger partial charge in [0.2, 0.25) is 0 Å². The Balaban J connectivity index is 1.00. The first-order valence-corrected chi connectivity index (χ1v) is 19.9. The van der Waals surface area contributed by atoms with Crippen molar-refractivity contribution in [2.24, 2.45) is 0 Å². The van der Waals surface area contributed by atoms with Gasteiger partial charge >= 0.3 is 0 Å². The highest BCUT2D eigenvalue weighted by Crippen LogP contribution is 2.43. The molecule has 0 radical (unpaired) electrons. The van der Waals surface area contributed by atoms with Gasteiger partial charge in [-0.15, -0.1) is 0 Å². The predicted molar refractivity (Wildman–Crippen MR) is 240 cm³/mol. The Labute approximate surface area is 334 Å². The molecular weight excluding hydrogens is 713 g/mol. The van der Waals surface area contributed by atoms with E-state index in [1.54, 1.807) is 0 Å². The second-order valence-electron chi connectivity index (χ2n) is 14.3. The van der Waals surface area contributed by atoms with Gasteiger partial charge in [-0.25, -0.2) is 0 Å². The number of hydrogen-bond acceptors (Lipinski definition) is 4. The summed E-state index contributed by atoms with van der Waals surface area (Å²) in [7, 11) is 0. The average molecular weight is 747 g/mol. The first-order chi connectivity index (χ1) is 28.3. The Morgan fingerprint density at radius 1 is 0.386 bits per heavy atom. The third-order valence-corrected chi connectivity index (χ3v) is 11.6. The Morgan fingerprint density at radius 2 is 0.930 bits per heavy atom. The van der Waals surface area contributed by atoms with Crippen LogP contribution < -0.4 is 4.90 Å². The molecule has 0 atom stereocenters. The van der Waals surface area contributed by atoms with E-state index in [0.717, 1.165) is 44.9 Å². The number of para-hydroxylation sites is 1. The number of rotatable bonds is 7. The van der Waals surface area contributed by atoms with Crippen molar-refractivity contribution < 1.29 is 0 Å². The maximum Gasteiger partial charge on any atom is 0.129 e. The molecule has 0 unspecified atom stereocenters.